The zero-order valence-corrected chi connectivity index (χ0v) is 29.1. The molecule has 43 heavy (non-hydrogen) atoms. The third-order valence-corrected chi connectivity index (χ3v) is 9.55. The van der Waals surface area contributed by atoms with Crippen LogP contribution in [0.25, 0.3) is 0 Å². The Balaban J connectivity index is 1.93. The standard InChI is InChI=1S/C38H75N3O2/c1-3-5-7-9-11-13-15-17-19-21-23-25-27-29-31-40-37(42)35-33-39-34-36(35)38(43)41-32-30-28-26-24-22-20-18-16-14-12-10-8-6-4-2/h35-36,39H,3-34H2,1-2H3,(H,40,42)(H,41,43)/t35-,36-/m1/s1. The molecule has 1 aliphatic heterocycles. The Labute approximate surface area is 268 Å². The van der Waals surface area contributed by atoms with E-state index in [2.05, 4.69) is 29.8 Å². The van der Waals surface area contributed by atoms with Crippen molar-refractivity contribution in [2.45, 2.75) is 194 Å². The third-order valence-electron chi connectivity index (χ3n) is 9.55. The third kappa shape index (κ3) is 23.9. The molecule has 2 amide bonds. The molecule has 0 radical (unpaired) electrons. The summed E-state index contributed by atoms with van der Waals surface area (Å²) in [5.41, 5.74) is 0. The smallest absolute Gasteiger partial charge is 0.225 e. The summed E-state index contributed by atoms with van der Waals surface area (Å²) in [4.78, 5) is 25.6. The van der Waals surface area contributed by atoms with E-state index in [-0.39, 0.29) is 23.7 Å². The fourth-order valence-electron chi connectivity index (χ4n) is 6.55. The van der Waals surface area contributed by atoms with Gasteiger partial charge in [0.05, 0.1) is 11.8 Å². The Bertz CT molecular complexity index is 574. The summed E-state index contributed by atoms with van der Waals surface area (Å²) >= 11 is 0. The van der Waals surface area contributed by atoms with Crippen LogP contribution in [-0.4, -0.2) is 38.0 Å². The van der Waals surface area contributed by atoms with Gasteiger partial charge in [-0.05, 0) is 12.8 Å². The molecule has 5 nitrogen and oxygen atoms in total. The summed E-state index contributed by atoms with van der Waals surface area (Å²) in [6.45, 7) is 7.26. The first-order valence-electron chi connectivity index (χ1n) is 19.5. The molecule has 0 bridgehead atoms. The van der Waals surface area contributed by atoms with Crippen molar-refractivity contribution in [3.05, 3.63) is 0 Å². The van der Waals surface area contributed by atoms with Gasteiger partial charge in [-0.2, -0.15) is 0 Å². The SMILES string of the molecule is CCCCCCCCCCCCCCCCNC(=O)[C@@H]1CNC[C@H]1C(=O)NCCCCCCCCCCCCCCCC. The summed E-state index contributed by atoms with van der Waals surface area (Å²) < 4.78 is 0. The van der Waals surface area contributed by atoms with Crippen LogP contribution in [0.2, 0.25) is 0 Å². The van der Waals surface area contributed by atoms with Crippen LogP contribution in [0.15, 0.2) is 0 Å². The van der Waals surface area contributed by atoms with Gasteiger partial charge in [-0.25, -0.2) is 0 Å². The quantitative estimate of drug-likeness (QED) is 0.0668. The highest BCUT2D eigenvalue weighted by molar-refractivity contribution is 5.88. The summed E-state index contributed by atoms with van der Waals surface area (Å²) in [5, 5.41) is 9.50. The highest BCUT2D eigenvalue weighted by Gasteiger charge is 2.37. The summed E-state index contributed by atoms with van der Waals surface area (Å²) in [5.74, 6) is -0.362. The number of amides is 2. The van der Waals surface area contributed by atoms with Gasteiger partial charge in [0, 0.05) is 26.2 Å². The lowest BCUT2D eigenvalue weighted by molar-refractivity contribution is -0.132. The minimum Gasteiger partial charge on any atom is -0.356 e. The number of unbranched alkanes of at least 4 members (excludes halogenated alkanes) is 26. The molecule has 1 saturated heterocycles. The summed E-state index contributed by atoms with van der Waals surface area (Å²) in [6, 6.07) is 0. The van der Waals surface area contributed by atoms with E-state index in [0.717, 1.165) is 25.9 Å². The molecule has 0 aromatic carbocycles. The molecule has 254 valence electrons. The van der Waals surface area contributed by atoms with Crippen molar-refractivity contribution in [3.63, 3.8) is 0 Å². The average Bonchev–Trinajstić information content (AvgIpc) is 3.51. The van der Waals surface area contributed by atoms with Gasteiger partial charge in [0.25, 0.3) is 0 Å². The number of nitrogens with one attached hydrogen (secondary N) is 3. The average molecular weight is 606 g/mol. The second-order valence-electron chi connectivity index (χ2n) is 13.6. The molecule has 5 heteroatoms. The fourth-order valence-corrected chi connectivity index (χ4v) is 6.55. The summed E-state index contributed by atoms with van der Waals surface area (Å²) in [7, 11) is 0. The van der Waals surface area contributed by atoms with Crippen LogP contribution < -0.4 is 16.0 Å². The number of hydrogen-bond acceptors (Lipinski definition) is 3. The molecule has 2 atom stereocenters. The number of carbonyl (C=O) groups excluding carboxylic acids is 2. The van der Waals surface area contributed by atoms with E-state index in [9.17, 15) is 9.59 Å². The van der Waals surface area contributed by atoms with E-state index in [1.807, 2.05) is 0 Å². The molecular formula is C38H75N3O2. The first kappa shape index (κ1) is 39.9. The van der Waals surface area contributed by atoms with Crippen molar-refractivity contribution in [3.8, 4) is 0 Å². The Hall–Kier alpha value is -1.10. The van der Waals surface area contributed by atoms with Crippen LogP contribution in [0.4, 0.5) is 0 Å². The van der Waals surface area contributed by atoms with Crippen molar-refractivity contribution in [1.82, 2.24) is 16.0 Å². The predicted molar refractivity (Wildman–Crippen MR) is 186 cm³/mol. The number of hydrogen-bond donors (Lipinski definition) is 3. The molecule has 0 unspecified atom stereocenters. The monoisotopic (exact) mass is 606 g/mol. The van der Waals surface area contributed by atoms with Crippen LogP contribution in [0.5, 0.6) is 0 Å². The van der Waals surface area contributed by atoms with Gasteiger partial charge in [-0.3, -0.25) is 9.59 Å². The molecule has 0 aromatic rings. The van der Waals surface area contributed by atoms with Gasteiger partial charge >= 0.3 is 0 Å². The Morgan fingerprint density at radius 2 is 0.651 bits per heavy atom. The van der Waals surface area contributed by atoms with E-state index >= 15 is 0 Å². The van der Waals surface area contributed by atoms with Crippen molar-refractivity contribution in [1.29, 1.82) is 0 Å². The Morgan fingerprint density at radius 1 is 0.419 bits per heavy atom. The van der Waals surface area contributed by atoms with Gasteiger partial charge in [0.1, 0.15) is 0 Å². The van der Waals surface area contributed by atoms with Gasteiger partial charge in [-0.15, -0.1) is 0 Å². The first-order chi connectivity index (χ1) is 21.2. The zero-order chi connectivity index (χ0) is 31.1. The molecule has 3 N–H and O–H groups in total. The van der Waals surface area contributed by atoms with E-state index in [4.69, 9.17) is 0 Å². The molecule has 1 heterocycles. The molecule has 1 rings (SSSR count). The van der Waals surface area contributed by atoms with Crippen LogP contribution >= 0.6 is 0 Å². The van der Waals surface area contributed by atoms with Crippen molar-refractivity contribution in [2.75, 3.05) is 26.2 Å². The highest BCUT2D eigenvalue weighted by Crippen LogP contribution is 2.18. The molecule has 0 aliphatic carbocycles. The van der Waals surface area contributed by atoms with E-state index in [1.54, 1.807) is 0 Å². The van der Waals surface area contributed by atoms with Crippen LogP contribution in [0.3, 0.4) is 0 Å². The zero-order valence-electron chi connectivity index (χ0n) is 29.1. The largest absolute Gasteiger partial charge is 0.356 e. The molecule has 0 aromatic heterocycles. The van der Waals surface area contributed by atoms with E-state index < -0.39 is 0 Å². The van der Waals surface area contributed by atoms with Gasteiger partial charge < -0.3 is 16.0 Å². The maximum atomic E-state index is 12.8. The lowest BCUT2D eigenvalue weighted by Crippen LogP contribution is -2.42. The van der Waals surface area contributed by atoms with Crippen molar-refractivity contribution >= 4 is 11.8 Å². The summed E-state index contributed by atoms with van der Waals surface area (Å²) in [6.07, 6.45) is 37.5. The topological polar surface area (TPSA) is 70.2 Å². The van der Waals surface area contributed by atoms with Gasteiger partial charge in [0.2, 0.25) is 11.8 Å². The predicted octanol–water partition coefficient (Wildman–Crippen LogP) is 10.0. The van der Waals surface area contributed by atoms with Crippen molar-refractivity contribution < 1.29 is 9.59 Å². The van der Waals surface area contributed by atoms with Gasteiger partial charge in [0.15, 0.2) is 0 Å². The lowest BCUT2D eigenvalue weighted by Gasteiger charge is -2.18. The second-order valence-corrected chi connectivity index (χ2v) is 13.6. The first-order valence-corrected chi connectivity index (χ1v) is 19.5. The van der Waals surface area contributed by atoms with Gasteiger partial charge in [-0.1, -0.05) is 181 Å². The normalized spacial score (nSPS) is 16.5. The van der Waals surface area contributed by atoms with E-state index in [1.165, 1.54) is 167 Å². The van der Waals surface area contributed by atoms with Crippen molar-refractivity contribution in [2.24, 2.45) is 11.8 Å². The van der Waals surface area contributed by atoms with Crippen LogP contribution in [0, 0.1) is 11.8 Å². The molecule has 0 saturated carbocycles. The molecule has 0 spiro atoms. The Kier molecular flexibility index (Phi) is 28.7. The number of rotatable bonds is 32. The maximum absolute atomic E-state index is 12.8. The number of carbonyl (C=O) groups is 2. The second kappa shape index (κ2) is 30.9. The highest BCUT2D eigenvalue weighted by atomic mass is 16.2. The fraction of sp³-hybridized carbons (Fsp3) is 0.947. The Morgan fingerprint density at radius 3 is 0.907 bits per heavy atom. The van der Waals surface area contributed by atoms with Crippen LogP contribution in [0.1, 0.15) is 194 Å². The minimum absolute atomic E-state index is 0.0522. The lowest BCUT2D eigenvalue weighted by atomic mass is 9.94. The van der Waals surface area contributed by atoms with E-state index in [0.29, 0.717) is 13.1 Å². The molecule has 1 aliphatic rings. The minimum atomic E-state index is -0.233. The van der Waals surface area contributed by atoms with Crippen LogP contribution in [-0.2, 0) is 9.59 Å². The maximum Gasteiger partial charge on any atom is 0.225 e. The molecule has 1 fully saturated rings. The molecular weight excluding hydrogens is 530 g/mol.